The number of H-pyrrole nitrogens is 1. The van der Waals surface area contributed by atoms with E-state index in [2.05, 4.69) is 39.0 Å². The van der Waals surface area contributed by atoms with Gasteiger partial charge in [-0.2, -0.15) is 0 Å². The molecule has 0 bridgehead atoms. The Balaban J connectivity index is 1.18. The molecular weight excluding hydrogens is 457 g/mol. The fourth-order valence-electron chi connectivity index (χ4n) is 4.54. The molecule has 0 unspecified atom stereocenters. The molecule has 1 N–H and O–H groups in total. The summed E-state index contributed by atoms with van der Waals surface area (Å²) in [6.07, 6.45) is 3.52. The van der Waals surface area contributed by atoms with E-state index in [1.165, 1.54) is 17.7 Å². The Labute approximate surface area is 209 Å². The van der Waals surface area contributed by atoms with Gasteiger partial charge >= 0.3 is 0 Å². The van der Waals surface area contributed by atoms with Crippen molar-refractivity contribution in [2.24, 2.45) is 0 Å². The van der Waals surface area contributed by atoms with Crippen molar-refractivity contribution in [3.05, 3.63) is 89.3 Å². The van der Waals surface area contributed by atoms with Gasteiger partial charge in [0.15, 0.2) is 0 Å². The number of imidazole rings is 1. The summed E-state index contributed by atoms with van der Waals surface area (Å²) < 4.78 is 19.4. The number of aromatic amines is 1. The van der Waals surface area contributed by atoms with Crippen LogP contribution in [0.25, 0.3) is 11.0 Å². The molecule has 3 heterocycles. The molecule has 0 fully saturated rings. The van der Waals surface area contributed by atoms with Gasteiger partial charge in [-0.1, -0.05) is 12.1 Å². The summed E-state index contributed by atoms with van der Waals surface area (Å²) in [7, 11) is 2.10. The van der Waals surface area contributed by atoms with E-state index >= 15 is 0 Å². The Hall–Kier alpha value is -3.78. The van der Waals surface area contributed by atoms with Gasteiger partial charge in [-0.15, -0.1) is 0 Å². The number of hydrogen-bond acceptors (Lipinski definition) is 5. The molecule has 7 nitrogen and oxygen atoms in total. The van der Waals surface area contributed by atoms with Crippen LogP contribution in [0.2, 0.25) is 0 Å². The lowest BCUT2D eigenvalue weighted by Gasteiger charge is -2.20. The number of rotatable bonds is 8. The highest BCUT2D eigenvalue weighted by molar-refractivity contribution is 5.77. The molecule has 2 aromatic carbocycles. The van der Waals surface area contributed by atoms with E-state index in [9.17, 15) is 9.18 Å². The molecule has 5 rings (SSSR count). The molecule has 186 valence electrons. The predicted molar refractivity (Wildman–Crippen MR) is 136 cm³/mol. The smallest absolute Gasteiger partial charge is 0.223 e. The molecule has 0 aliphatic carbocycles. The van der Waals surface area contributed by atoms with Crippen LogP contribution in [-0.4, -0.2) is 57.4 Å². The Bertz CT molecular complexity index is 1340. The Morgan fingerprint density at radius 3 is 2.94 bits per heavy atom. The van der Waals surface area contributed by atoms with E-state index in [1.54, 1.807) is 6.07 Å². The molecule has 1 amide bonds. The third-order valence-electron chi connectivity index (χ3n) is 6.45. The van der Waals surface area contributed by atoms with Crippen LogP contribution >= 0.6 is 0 Å². The highest BCUT2D eigenvalue weighted by Gasteiger charge is 2.21. The fourth-order valence-corrected chi connectivity index (χ4v) is 4.54. The summed E-state index contributed by atoms with van der Waals surface area (Å²) in [4.78, 5) is 29.1. The average molecular weight is 488 g/mol. The van der Waals surface area contributed by atoms with E-state index in [-0.39, 0.29) is 11.7 Å². The zero-order valence-electron chi connectivity index (χ0n) is 20.4. The lowest BCUT2D eigenvalue weighted by Crippen LogP contribution is -2.32. The number of fused-ring (bicyclic) bond motifs is 2. The monoisotopic (exact) mass is 487 g/mol. The number of likely N-dealkylation sites (N-methyl/N-ethyl adjacent to an activating group) is 1. The summed E-state index contributed by atoms with van der Waals surface area (Å²) in [6.45, 7) is 3.24. The highest BCUT2D eigenvalue weighted by Crippen LogP contribution is 2.25. The van der Waals surface area contributed by atoms with Crippen molar-refractivity contribution in [2.75, 3.05) is 26.7 Å². The SMILES string of the molecule is CN(CCc1ccccn1)Cc1ccc2c(c1)CN(C(=O)CCc1nc3ccc(F)cc3[nH]1)CCO2. The van der Waals surface area contributed by atoms with Crippen LogP contribution < -0.4 is 4.74 Å². The summed E-state index contributed by atoms with van der Waals surface area (Å²) in [6, 6.07) is 16.7. The molecule has 0 spiro atoms. The fraction of sp³-hybridized carbons (Fsp3) is 0.321. The Morgan fingerprint density at radius 2 is 2.08 bits per heavy atom. The van der Waals surface area contributed by atoms with Crippen molar-refractivity contribution in [2.45, 2.75) is 32.4 Å². The number of ether oxygens (including phenoxy) is 1. The van der Waals surface area contributed by atoms with E-state index < -0.39 is 0 Å². The lowest BCUT2D eigenvalue weighted by molar-refractivity contribution is -0.131. The van der Waals surface area contributed by atoms with Crippen molar-refractivity contribution < 1.29 is 13.9 Å². The number of carbonyl (C=O) groups is 1. The van der Waals surface area contributed by atoms with Crippen LogP contribution in [0.3, 0.4) is 0 Å². The maximum atomic E-state index is 13.4. The number of benzene rings is 2. The molecule has 0 atom stereocenters. The Morgan fingerprint density at radius 1 is 1.17 bits per heavy atom. The molecule has 0 radical (unpaired) electrons. The van der Waals surface area contributed by atoms with Gasteiger partial charge in [0, 0.05) is 56.4 Å². The number of carbonyl (C=O) groups excluding carboxylic acids is 1. The molecule has 1 aliphatic heterocycles. The summed E-state index contributed by atoms with van der Waals surface area (Å²) >= 11 is 0. The largest absolute Gasteiger partial charge is 0.491 e. The lowest BCUT2D eigenvalue weighted by atomic mass is 10.1. The third-order valence-corrected chi connectivity index (χ3v) is 6.45. The third kappa shape index (κ3) is 5.88. The molecule has 36 heavy (non-hydrogen) atoms. The second-order valence-corrected chi connectivity index (χ2v) is 9.26. The number of hydrogen-bond donors (Lipinski definition) is 1. The van der Waals surface area contributed by atoms with E-state index in [1.807, 2.05) is 35.4 Å². The first-order chi connectivity index (χ1) is 17.5. The van der Waals surface area contributed by atoms with Gasteiger partial charge < -0.3 is 19.5 Å². The maximum absolute atomic E-state index is 13.4. The highest BCUT2D eigenvalue weighted by atomic mass is 19.1. The number of nitrogens with one attached hydrogen (secondary N) is 1. The molecule has 1 aliphatic rings. The molecule has 4 aromatic rings. The maximum Gasteiger partial charge on any atom is 0.223 e. The van der Waals surface area contributed by atoms with Crippen LogP contribution in [0, 0.1) is 5.82 Å². The van der Waals surface area contributed by atoms with Crippen LogP contribution in [0.4, 0.5) is 4.39 Å². The molecular formula is C28H30FN5O2. The second kappa shape index (κ2) is 10.9. The topological polar surface area (TPSA) is 74.4 Å². The van der Waals surface area contributed by atoms with Crippen LogP contribution in [0.15, 0.2) is 60.8 Å². The summed E-state index contributed by atoms with van der Waals surface area (Å²) in [5.41, 5.74) is 4.64. The van der Waals surface area contributed by atoms with Gasteiger partial charge in [-0.25, -0.2) is 9.37 Å². The van der Waals surface area contributed by atoms with Gasteiger partial charge in [0.1, 0.15) is 24.0 Å². The van der Waals surface area contributed by atoms with Gasteiger partial charge in [0.25, 0.3) is 0 Å². The minimum absolute atomic E-state index is 0.0518. The second-order valence-electron chi connectivity index (χ2n) is 9.26. The molecule has 8 heteroatoms. The normalized spacial score (nSPS) is 13.5. The first-order valence-electron chi connectivity index (χ1n) is 12.3. The summed E-state index contributed by atoms with van der Waals surface area (Å²) in [5.74, 6) is 1.27. The van der Waals surface area contributed by atoms with Crippen molar-refractivity contribution in [1.82, 2.24) is 24.8 Å². The van der Waals surface area contributed by atoms with Crippen molar-refractivity contribution in [3.63, 3.8) is 0 Å². The van der Waals surface area contributed by atoms with E-state index in [4.69, 9.17) is 4.74 Å². The molecule has 0 saturated heterocycles. The standard InChI is InChI=1S/C28H30FN5O2/c1-33(13-11-23-4-2-3-12-30-23)18-20-5-8-26-21(16-20)19-34(14-15-36-26)28(35)10-9-27-31-24-7-6-22(29)17-25(24)32-27/h2-8,12,16-17H,9-11,13-15,18-19H2,1H3,(H,31,32). The summed E-state index contributed by atoms with van der Waals surface area (Å²) in [5, 5.41) is 0. The van der Waals surface area contributed by atoms with Gasteiger partial charge in [0.2, 0.25) is 5.91 Å². The number of halogens is 1. The average Bonchev–Trinajstić information content (AvgIpc) is 3.16. The number of amides is 1. The predicted octanol–water partition coefficient (Wildman–Crippen LogP) is 4.13. The van der Waals surface area contributed by atoms with E-state index in [0.29, 0.717) is 49.4 Å². The first kappa shape index (κ1) is 23.9. The first-order valence-corrected chi connectivity index (χ1v) is 12.3. The molecule has 2 aromatic heterocycles. The zero-order valence-corrected chi connectivity index (χ0v) is 20.4. The molecule has 0 saturated carbocycles. The number of pyridine rings is 1. The number of nitrogens with zero attached hydrogens (tertiary/aromatic N) is 4. The van der Waals surface area contributed by atoms with Crippen LogP contribution in [0.1, 0.15) is 29.1 Å². The van der Waals surface area contributed by atoms with Crippen molar-refractivity contribution >= 4 is 16.9 Å². The van der Waals surface area contributed by atoms with Crippen LogP contribution in [-0.2, 0) is 30.7 Å². The zero-order chi connectivity index (χ0) is 24.9. The minimum atomic E-state index is -0.309. The van der Waals surface area contributed by atoms with Crippen molar-refractivity contribution in [1.29, 1.82) is 0 Å². The quantitative estimate of drug-likeness (QED) is 0.405. The van der Waals surface area contributed by atoms with Gasteiger partial charge in [0.05, 0.1) is 17.6 Å². The minimum Gasteiger partial charge on any atom is -0.491 e. The number of aromatic nitrogens is 3. The van der Waals surface area contributed by atoms with Gasteiger partial charge in [-0.3, -0.25) is 9.78 Å². The van der Waals surface area contributed by atoms with Gasteiger partial charge in [-0.05, 0) is 55.1 Å². The van der Waals surface area contributed by atoms with Crippen molar-refractivity contribution in [3.8, 4) is 5.75 Å². The van der Waals surface area contributed by atoms with E-state index in [0.717, 1.165) is 36.5 Å². The number of aryl methyl sites for hydroxylation is 1. The Kier molecular flexibility index (Phi) is 7.23. The van der Waals surface area contributed by atoms with Crippen LogP contribution in [0.5, 0.6) is 5.75 Å².